The van der Waals surface area contributed by atoms with Gasteiger partial charge in [0.2, 0.25) is 0 Å². The van der Waals surface area contributed by atoms with E-state index in [1.165, 1.54) is 0 Å². The number of likely N-dealkylation sites (N-methyl/N-ethyl adjacent to an activating group) is 1. The fourth-order valence-corrected chi connectivity index (χ4v) is 1.74. The summed E-state index contributed by atoms with van der Waals surface area (Å²) >= 11 is 0. The highest BCUT2D eigenvalue weighted by Gasteiger charge is 2.12. The molecule has 0 radical (unpaired) electrons. The Labute approximate surface area is 124 Å². The Bertz CT molecular complexity index is 472. The van der Waals surface area contributed by atoms with Crippen LogP contribution in [0.1, 0.15) is 20.3 Å². The maximum Gasteiger partial charge on any atom is 0.309 e. The van der Waals surface area contributed by atoms with Gasteiger partial charge >= 0.3 is 5.97 Å². The Morgan fingerprint density at radius 2 is 1.95 bits per heavy atom. The zero-order chi connectivity index (χ0) is 15.7. The van der Waals surface area contributed by atoms with Gasteiger partial charge in [-0.3, -0.25) is 9.59 Å². The number of ether oxygens (including phenoxy) is 2. The lowest BCUT2D eigenvalue weighted by atomic mass is 10.3. The number of rotatable bonds is 8. The summed E-state index contributed by atoms with van der Waals surface area (Å²) in [7, 11) is 0. The second-order valence-electron chi connectivity index (χ2n) is 4.40. The predicted molar refractivity (Wildman–Crippen MR) is 79.9 cm³/mol. The van der Waals surface area contributed by atoms with Crippen LogP contribution >= 0.6 is 0 Å². The van der Waals surface area contributed by atoms with E-state index in [1.54, 1.807) is 29.2 Å². The van der Waals surface area contributed by atoms with E-state index in [0.29, 0.717) is 24.5 Å². The van der Waals surface area contributed by atoms with Crippen molar-refractivity contribution in [3.63, 3.8) is 0 Å². The number of anilines is 1. The van der Waals surface area contributed by atoms with Crippen molar-refractivity contribution in [2.45, 2.75) is 20.3 Å². The molecule has 6 nitrogen and oxygen atoms in total. The van der Waals surface area contributed by atoms with Crippen LogP contribution < -0.4 is 10.5 Å². The number of hydrogen-bond acceptors (Lipinski definition) is 5. The van der Waals surface area contributed by atoms with Crippen LogP contribution in [0, 0.1) is 0 Å². The first kappa shape index (κ1) is 16.8. The average Bonchev–Trinajstić information content (AvgIpc) is 2.46. The lowest BCUT2D eigenvalue weighted by Crippen LogP contribution is -2.34. The molecule has 1 aromatic rings. The largest absolute Gasteiger partial charge is 0.493 e. The SMILES string of the molecule is CCN(CC)C(=O)COC(=O)CCOc1cccc(N)c1. The number of amides is 1. The summed E-state index contributed by atoms with van der Waals surface area (Å²) in [5.41, 5.74) is 6.21. The molecule has 0 heterocycles. The third kappa shape index (κ3) is 6.16. The summed E-state index contributed by atoms with van der Waals surface area (Å²) in [6.07, 6.45) is 0.0837. The molecule has 0 saturated carbocycles. The molecule has 0 bridgehead atoms. The number of carbonyl (C=O) groups is 2. The van der Waals surface area contributed by atoms with Crippen molar-refractivity contribution in [3.8, 4) is 5.75 Å². The average molecular weight is 294 g/mol. The first-order valence-corrected chi connectivity index (χ1v) is 6.98. The van der Waals surface area contributed by atoms with E-state index in [4.69, 9.17) is 15.2 Å². The monoisotopic (exact) mass is 294 g/mol. The van der Waals surface area contributed by atoms with Crippen molar-refractivity contribution in [2.24, 2.45) is 0 Å². The van der Waals surface area contributed by atoms with Crippen LogP contribution in [-0.2, 0) is 14.3 Å². The molecule has 0 aromatic heterocycles. The van der Waals surface area contributed by atoms with Gasteiger partial charge in [0.15, 0.2) is 6.61 Å². The topological polar surface area (TPSA) is 81.9 Å². The zero-order valence-corrected chi connectivity index (χ0v) is 12.5. The highest BCUT2D eigenvalue weighted by molar-refractivity contribution is 5.80. The quantitative estimate of drug-likeness (QED) is 0.579. The first-order chi connectivity index (χ1) is 10.1. The summed E-state index contributed by atoms with van der Waals surface area (Å²) in [6.45, 7) is 4.92. The van der Waals surface area contributed by atoms with Gasteiger partial charge in [0, 0.05) is 24.8 Å². The molecule has 0 atom stereocenters. The molecule has 1 aromatic carbocycles. The van der Waals surface area contributed by atoms with Crippen LogP contribution in [0.25, 0.3) is 0 Å². The van der Waals surface area contributed by atoms with Crippen LogP contribution in [0.3, 0.4) is 0 Å². The predicted octanol–water partition coefficient (Wildman–Crippen LogP) is 1.45. The maximum absolute atomic E-state index is 11.6. The molecule has 1 amide bonds. The maximum atomic E-state index is 11.6. The molecular weight excluding hydrogens is 272 g/mol. The molecule has 0 aliphatic carbocycles. The van der Waals surface area contributed by atoms with Crippen molar-refractivity contribution in [1.82, 2.24) is 4.90 Å². The number of benzene rings is 1. The molecule has 0 fully saturated rings. The summed E-state index contributed by atoms with van der Waals surface area (Å²) < 4.78 is 10.3. The van der Waals surface area contributed by atoms with Crippen molar-refractivity contribution in [1.29, 1.82) is 0 Å². The summed E-state index contributed by atoms with van der Waals surface area (Å²) in [4.78, 5) is 24.8. The molecule has 6 heteroatoms. The van der Waals surface area contributed by atoms with Crippen LogP contribution in [0.15, 0.2) is 24.3 Å². The van der Waals surface area contributed by atoms with E-state index in [9.17, 15) is 9.59 Å². The van der Waals surface area contributed by atoms with Gasteiger partial charge in [0.1, 0.15) is 5.75 Å². The lowest BCUT2D eigenvalue weighted by Gasteiger charge is -2.18. The standard InChI is InChI=1S/C15H22N2O4/c1-3-17(4-2)14(18)11-21-15(19)8-9-20-13-7-5-6-12(16)10-13/h5-7,10H,3-4,8-9,11,16H2,1-2H3. The molecule has 0 spiro atoms. The molecule has 2 N–H and O–H groups in total. The molecule has 21 heavy (non-hydrogen) atoms. The lowest BCUT2D eigenvalue weighted by molar-refractivity contribution is -0.152. The molecule has 0 unspecified atom stereocenters. The van der Waals surface area contributed by atoms with Gasteiger partial charge in [0.05, 0.1) is 13.0 Å². The summed E-state index contributed by atoms with van der Waals surface area (Å²) in [5, 5.41) is 0. The van der Waals surface area contributed by atoms with Gasteiger partial charge in [-0.15, -0.1) is 0 Å². The Morgan fingerprint density at radius 3 is 2.57 bits per heavy atom. The zero-order valence-electron chi connectivity index (χ0n) is 12.5. The fraction of sp³-hybridized carbons (Fsp3) is 0.467. The highest BCUT2D eigenvalue weighted by Crippen LogP contribution is 2.14. The molecular formula is C15H22N2O4. The van der Waals surface area contributed by atoms with Crippen molar-refractivity contribution in [3.05, 3.63) is 24.3 Å². The van der Waals surface area contributed by atoms with Crippen molar-refractivity contribution >= 4 is 17.6 Å². The van der Waals surface area contributed by atoms with Gasteiger partial charge in [-0.2, -0.15) is 0 Å². The Morgan fingerprint density at radius 1 is 1.24 bits per heavy atom. The minimum atomic E-state index is -0.459. The second-order valence-corrected chi connectivity index (χ2v) is 4.40. The summed E-state index contributed by atoms with van der Waals surface area (Å²) in [5.74, 6) is -0.0495. The first-order valence-electron chi connectivity index (χ1n) is 6.98. The Balaban J connectivity index is 2.24. The molecule has 1 rings (SSSR count). The third-order valence-corrected chi connectivity index (χ3v) is 2.91. The van der Waals surface area contributed by atoms with Gasteiger partial charge in [-0.05, 0) is 26.0 Å². The highest BCUT2D eigenvalue weighted by atomic mass is 16.5. The van der Waals surface area contributed by atoms with E-state index in [2.05, 4.69) is 0 Å². The molecule has 116 valence electrons. The normalized spacial score (nSPS) is 10.0. The van der Waals surface area contributed by atoms with Crippen LogP contribution in [-0.4, -0.2) is 43.1 Å². The second kappa shape index (κ2) is 8.84. The number of hydrogen-bond donors (Lipinski definition) is 1. The Hall–Kier alpha value is -2.24. The summed E-state index contributed by atoms with van der Waals surface area (Å²) in [6, 6.07) is 6.95. The molecule has 0 saturated heterocycles. The van der Waals surface area contributed by atoms with E-state index >= 15 is 0 Å². The Kier molecular flexibility index (Phi) is 7.08. The van der Waals surface area contributed by atoms with Gasteiger partial charge in [0.25, 0.3) is 5.91 Å². The smallest absolute Gasteiger partial charge is 0.309 e. The van der Waals surface area contributed by atoms with Crippen molar-refractivity contribution in [2.75, 3.05) is 32.0 Å². The number of nitrogens with zero attached hydrogens (tertiary/aromatic N) is 1. The van der Waals surface area contributed by atoms with Gasteiger partial charge in [-0.25, -0.2) is 0 Å². The van der Waals surface area contributed by atoms with E-state index in [0.717, 1.165) is 0 Å². The minimum Gasteiger partial charge on any atom is -0.493 e. The minimum absolute atomic E-state index is 0.0837. The third-order valence-electron chi connectivity index (χ3n) is 2.91. The molecule has 0 aliphatic heterocycles. The molecule has 0 aliphatic rings. The number of carbonyl (C=O) groups excluding carboxylic acids is 2. The number of nitrogen functional groups attached to an aromatic ring is 1. The van der Waals surface area contributed by atoms with Gasteiger partial charge < -0.3 is 20.1 Å². The van der Waals surface area contributed by atoms with Gasteiger partial charge in [-0.1, -0.05) is 6.07 Å². The van der Waals surface area contributed by atoms with E-state index < -0.39 is 5.97 Å². The van der Waals surface area contributed by atoms with Crippen LogP contribution in [0.2, 0.25) is 0 Å². The van der Waals surface area contributed by atoms with Crippen LogP contribution in [0.4, 0.5) is 5.69 Å². The van der Waals surface area contributed by atoms with Crippen LogP contribution in [0.5, 0.6) is 5.75 Å². The fourth-order valence-electron chi connectivity index (χ4n) is 1.74. The number of esters is 1. The van der Waals surface area contributed by atoms with E-state index in [1.807, 2.05) is 13.8 Å². The van der Waals surface area contributed by atoms with E-state index in [-0.39, 0.29) is 25.5 Å². The number of nitrogens with two attached hydrogens (primary N) is 1. The van der Waals surface area contributed by atoms with Crippen molar-refractivity contribution < 1.29 is 19.1 Å².